The molecule has 36 heavy (non-hydrogen) atoms. The molecule has 2 N–H and O–H groups in total. The number of piperazine rings is 1. The van der Waals surface area contributed by atoms with Gasteiger partial charge in [-0.1, -0.05) is 18.2 Å². The number of pyridine rings is 1. The molecule has 1 fully saturated rings. The first-order valence-electron chi connectivity index (χ1n) is 11.4. The first-order valence-corrected chi connectivity index (χ1v) is 11.4. The Hall–Kier alpha value is -4.67. The van der Waals surface area contributed by atoms with Crippen LogP contribution < -0.4 is 4.74 Å². The van der Waals surface area contributed by atoms with Crippen LogP contribution in [0.5, 0.6) is 11.6 Å². The zero-order valence-corrected chi connectivity index (χ0v) is 19.7. The Bertz CT molecular complexity index is 1460. The number of rotatable bonds is 5. The van der Waals surface area contributed by atoms with Gasteiger partial charge >= 0.3 is 0 Å². The van der Waals surface area contributed by atoms with Crippen LogP contribution in [0, 0.1) is 0 Å². The number of Topliss-reactive ketones (excluding diaryl/α,β-unsaturated/α-hetero) is 1. The minimum absolute atomic E-state index is 0.104. The topological polar surface area (TPSA) is 134 Å². The number of hydrogen-bond donors (Lipinski definition) is 2. The van der Waals surface area contributed by atoms with Crippen molar-refractivity contribution in [1.29, 1.82) is 0 Å². The van der Waals surface area contributed by atoms with Crippen LogP contribution in [-0.4, -0.2) is 85.0 Å². The van der Waals surface area contributed by atoms with E-state index in [9.17, 15) is 19.5 Å². The number of nitrogens with zero attached hydrogens (tertiary/aromatic N) is 5. The highest BCUT2D eigenvalue weighted by molar-refractivity contribution is 6.45. The van der Waals surface area contributed by atoms with Crippen LogP contribution in [0.4, 0.5) is 0 Å². The van der Waals surface area contributed by atoms with Crippen LogP contribution in [0.1, 0.15) is 27.6 Å². The van der Waals surface area contributed by atoms with Crippen LogP contribution in [-0.2, 0) is 4.79 Å². The molecule has 2 amide bonds. The number of nitrogens with one attached hydrogen (secondary N) is 1. The van der Waals surface area contributed by atoms with Crippen molar-refractivity contribution in [2.24, 2.45) is 0 Å². The van der Waals surface area contributed by atoms with Crippen molar-refractivity contribution >= 4 is 28.5 Å². The second-order valence-electron chi connectivity index (χ2n) is 8.51. The highest BCUT2D eigenvalue weighted by Gasteiger charge is 2.34. The molecule has 3 aromatic heterocycles. The van der Waals surface area contributed by atoms with Gasteiger partial charge in [0.15, 0.2) is 5.82 Å². The molecule has 4 aromatic rings. The van der Waals surface area contributed by atoms with Crippen molar-refractivity contribution in [2.45, 2.75) is 13.0 Å². The SMILES string of the molecule is COc1cnc(-n2ccc(O)n2)c2[nH]cc(C(=O)C(=O)N3CCN(C(=O)c4ccccc4)[C@H](C)C3)c12. The fourth-order valence-corrected chi connectivity index (χ4v) is 4.49. The van der Waals surface area contributed by atoms with E-state index in [4.69, 9.17) is 4.74 Å². The molecule has 1 aromatic carbocycles. The molecule has 0 bridgehead atoms. The highest BCUT2D eigenvalue weighted by atomic mass is 16.5. The van der Waals surface area contributed by atoms with Crippen LogP contribution in [0.25, 0.3) is 16.7 Å². The molecule has 1 aliphatic rings. The van der Waals surface area contributed by atoms with Crippen molar-refractivity contribution in [3.63, 3.8) is 0 Å². The van der Waals surface area contributed by atoms with Crippen molar-refractivity contribution < 1.29 is 24.2 Å². The Morgan fingerprint density at radius 3 is 2.58 bits per heavy atom. The molecule has 0 unspecified atom stereocenters. The first kappa shape index (κ1) is 23.1. The summed E-state index contributed by atoms with van der Waals surface area (Å²) in [5.74, 6) is -0.999. The largest absolute Gasteiger partial charge is 0.494 e. The van der Waals surface area contributed by atoms with Gasteiger partial charge in [-0.2, -0.15) is 0 Å². The lowest BCUT2D eigenvalue weighted by Crippen LogP contribution is -2.56. The van der Waals surface area contributed by atoms with E-state index in [0.29, 0.717) is 34.6 Å². The number of carbonyl (C=O) groups excluding carboxylic acids is 3. The molecular formula is C25H24N6O5. The van der Waals surface area contributed by atoms with Crippen molar-refractivity contribution in [3.8, 4) is 17.4 Å². The summed E-state index contributed by atoms with van der Waals surface area (Å²) >= 11 is 0. The molecule has 5 rings (SSSR count). The van der Waals surface area contributed by atoms with Gasteiger partial charge in [-0.25, -0.2) is 9.67 Å². The average Bonchev–Trinajstić information content (AvgIpc) is 3.54. The number of amides is 2. The van der Waals surface area contributed by atoms with Gasteiger partial charge in [0, 0.05) is 49.7 Å². The lowest BCUT2D eigenvalue weighted by atomic mass is 10.1. The molecular weight excluding hydrogens is 464 g/mol. The molecule has 0 spiro atoms. The van der Waals surface area contributed by atoms with Crippen LogP contribution in [0.3, 0.4) is 0 Å². The summed E-state index contributed by atoms with van der Waals surface area (Å²) in [6, 6.07) is 10.1. The van der Waals surface area contributed by atoms with Crippen LogP contribution >= 0.6 is 0 Å². The summed E-state index contributed by atoms with van der Waals surface area (Å²) in [5.41, 5.74) is 1.16. The quantitative estimate of drug-likeness (QED) is 0.324. The number of ketones is 1. The predicted molar refractivity (Wildman–Crippen MR) is 129 cm³/mol. The number of benzene rings is 1. The predicted octanol–water partition coefficient (Wildman–Crippen LogP) is 2.02. The van der Waals surface area contributed by atoms with Gasteiger partial charge in [0.2, 0.25) is 5.88 Å². The summed E-state index contributed by atoms with van der Waals surface area (Å²) in [6.07, 6.45) is 4.40. The Morgan fingerprint density at radius 1 is 1.14 bits per heavy atom. The van der Waals surface area contributed by atoms with E-state index >= 15 is 0 Å². The fraction of sp³-hybridized carbons (Fsp3) is 0.240. The normalized spacial score (nSPS) is 15.8. The molecule has 11 nitrogen and oxygen atoms in total. The lowest BCUT2D eigenvalue weighted by Gasteiger charge is -2.39. The molecule has 1 saturated heterocycles. The first-order chi connectivity index (χ1) is 17.4. The number of H-pyrrole nitrogens is 1. The number of aromatic hydroxyl groups is 1. The summed E-state index contributed by atoms with van der Waals surface area (Å²) in [4.78, 5) is 50.0. The zero-order chi connectivity index (χ0) is 25.4. The third-order valence-electron chi connectivity index (χ3n) is 6.30. The molecule has 11 heteroatoms. The molecule has 184 valence electrons. The third-order valence-corrected chi connectivity index (χ3v) is 6.30. The Labute approximate surface area is 205 Å². The second-order valence-corrected chi connectivity index (χ2v) is 8.51. The summed E-state index contributed by atoms with van der Waals surface area (Å²) < 4.78 is 6.77. The van der Waals surface area contributed by atoms with Crippen molar-refractivity contribution in [3.05, 3.63) is 66.1 Å². The highest BCUT2D eigenvalue weighted by Crippen LogP contribution is 2.32. The van der Waals surface area contributed by atoms with Crippen LogP contribution in [0.15, 0.2) is 55.0 Å². The molecule has 0 aliphatic carbocycles. The number of aromatic nitrogens is 4. The molecule has 1 aliphatic heterocycles. The fourth-order valence-electron chi connectivity index (χ4n) is 4.49. The van der Waals surface area contributed by atoms with E-state index in [1.165, 1.54) is 41.3 Å². The zero-order valence-electron chi connectivity index (χ0n) is 19.7. The van der Waals surface area contributed by atoms with Gasteiger partial charge in [-0.3, -0.25) is 14.4 Å². The minimum atomic E-state index is -0.699. The summed E-state index contributed by atoms with van der Waals surface area (Å²) in [6.45, 7) is 2.66. The van der Waals surface area contributed by atoms with E-state index in [1.807, 2.05) is 25.1 Å². The number of fused-ring (bicyclic) bond motifs is 1. The van der Waals surface area contributed by atoms with E-state index in [1.54, 1.807) is 17.0 Å². The number of methoxy groups -OCH3 is 1. The monoisotopic (exact) mass is 488 g/mol. The average molecular weight is 489 g/mol. The Kier molecular flexibility index (Phi) is 5.88. The van der Waals surface area contributed by atoms with Gasteiger partial charge in [-0.15, -0.1) is 5.10 Å². The summed E-state index contributed by atoms with van der Waals surface area (Å²) in [5, 5.41) is 14.0. The maximum Gasteiger partial charge on any atom is 0.295 e. The van der Waals surface area contributed by atoms with E-state index in [0.717, 1.165) is 0 Å². The van der Waals surface area contributed by atoms with E-state index < -0.39 is 11.7 Å². The van der Waals surface area contributed by atoms with Gasteiger partial charge in [0.1, 0.15) is 5.75 Å². The molecule has 1 atom stereocenters. The van der Waals surface area contributed by atoms with Gasteiger partial charge in [0.25, 0.3) is 17.6 Å². The molecule has 4 heterocycles. The summed E-state index contributed by atoms with van der Waals surface area (Å²) in [7, 11) is 1.45. The molecule has 0 radical (unpaired) electrons. The van der Waals surface area contributed by atoms with Gasteiger partial charge in [-0.05, 0) is 19.1 Å². The van der Waals surface area contributed by atoms with Crippen LogP contribution in [0.2, 0.25) is 0 Å². The lowest BCUT2D eigenvalue weighted by molar-refractivity contribution is -0.128. The number of carbonyl (C=O) groups is 3. The van der Waals surface area contributed by atoms with E-state index in [-0.39, 0.29) is 36.5 Å². The third kappa shape index (κ3) is 3.94. The standard InChI is InChI=1S/C25H24N6O5/c1-15-14-29(10-11-30(15)24(34)16-6-4-3-5-7-16)25(35)22(33)17-12-26-21-20(17)18(36-2)13-27-23(21)31-9-8-19(32)28-31/h3-9,12-13,15,26H,10-11,14H2,1-2H3,(H,28,32)/t15-/m1/s1. The van der Waals surface area contributed by atoms with Gasteiger partial charge < -0.3 is 24.6 Å². The van der Waals surface area contributed by atoms with Gasteiger partial charge in [0.05, 0.1) is 29.8 Å². The smallest absolute Gasteiger partial charge is 0.295 e. The number of hydrogen-bond acceptors (Lipinski definition) is 7. The van der Waals surface area contributed by atoms with E-state index in [2.05, 4.69) is 15.1 Å². The van der Waals surface area contributed by atoms with Crippen molar-refractivity contribution in [2.75, 3.05) is 26.7 Å². The minimum Gasteiger partial charge on any atom is -0.494 e. The Morgan fingerprint density at radius 2 is 1.92 bits per heavy atom. The molecule has 0 saturated carbocycles. The number of aromatic amines is 1. The Balaban J connectivity index is 1.39. The number of ether oxygens (including phenoxy) is 1. The maximum absolute atomic E-state index is 13.4. The second kappa shape index (κ2) is 9.17. The van der Waals surface area contributed by atoms with Crippen molar-refractivity contribution in [1.82, 2.24) is 29.5 Å². The maximum atomic E-state index is 13.4.